The Balaban J connectivity index is 1.76. The number of hydrogen-bond acceptors (Lipinski definition) is 4. The van der Waals surface area contributed by atoms with Crippen molar-refractivity contribution in [3.05, 3.63) is 72.2 Å². The maximum Gasteiger partial charge on any atom is 0.160 e. The van der Waals surface area contributed by atoms with Crippen LogP contribution < -0.4 is 5.32 Å². The van der Waals surface area contributed by atoms with E-state index in [1.807, 2.05) is 54.7 Å². The van der Waals surface area contributed by atoms with Crippen LogP contribution in [0.4, 0.5) is 0 Å². The van der Waals surface area contributed by atoms with Crippen molar-refractivity contribution in [2.24, 2.45) is 0 Å². The summed E-state index contributed by atoms with van der Waals surface area (Å²) < 4.78 is 21.1. The second-order valence-corrected chi connectivity index (χ2v) is 7.76. The largest absolute Gasteiger partial charge is 0.458 e. The van der Waals surface area contributed by atoms with E-state index in [1.165, 1.54) is 0 Å². The number of fused-ring (bicyclic) bond motifs is 3. The normalized spacial score (nSPS) is 15.1. The highest BCUT2D eigenvalue weighted by atomic mass is 32.2. The third-order valence-electron chi connectivity index (χ3n) is 4.68. The van der Waals surface area contributed by atoms with Crippen molar-refractivity contribution in [3.63, 3.8) is 0 Å². The fraction of sp³-hybridized carbons (Fsp3) is 0.150. The summed E-state index contributed by atoms with van der Waals surface area (Å²) in [6.45, 7) is 1.68. The fourth-order valence-corrected chi connectivity index (χ4v) is 4.55. The summed E-state index contributed by atoms with van der Waals surface area (Å²) in [5.74, 6) is 1.01. The maximum atomic E-state index is 13.1. The number of nitrogens with zero attached hydrogens (tertiary/aromatic N) is 2. The van der Waals surface area contributed by atoms with Gasteiger partial charge in [-0.05, 0) is 30.3 Å². The van der Waals surface area contributed by atoms with E-state index >= 15 is 0 Å². The van der Waals surface area contributed by atoms with Crippen LogP contribution in [-0.2, 0) is 23.8 Å². The van der Waals surface area contributed by atoms with Crippen LogP contribution in [0.1, 0.15) is 11.3 Å². The molecule has 0 fully saturated rings. The van der Waals surface area contributed by atoms with Gasteiger partial charge in [0.15, 0.2) is 5.58 Å². The summed E-state index contributed by atoms with van der Waals surface area (Å²) in [7, 11) is -1.26. The molecule has 1 aliphatic rings. The minimum atomic E-state index is -1.26. The van der Waals surface area contributed by atoms with Crippen LogP contribution in [0.3, 0.4) is 0 Å². The Morgan fingerprint density at radius 1 is 1.12 bits per heavy atom. The molecule has 0 saturated carbocycles. The Hall–Kier alpha value is -2.70. The van der Waals surface area contributed by atoms with Crippen molar-refractivity contribution in [1.82, 2.24) is 15.1 Å². The zero-order chi connectivity index (χ0) is 17.5. The first-order chi connectivity index (χ1) is 12.8. The Morgan fingerprint density at radius 2 is 2.00 bits per heavy atom. The summed E-state index contributed by atoms with van der Waals surface area (Å²) >= 11 is 0. The van der Waals surface area contributed by atoms with Gasteiger partial charge in [0.25, 0.3) is 0 Å². The maximum absolute atomic E-state index is 13.1. The lowest BCUT2D eigenvalue weighted by atomic mass is 10.1. The van der Waals surface area contributed by atoms with Gasteiger partial charge in [-0.15, -0.1) is 0 Å². The standard InChI is InChI=1S/C20H17N3O2S/c24-26(14-5-2-1-3-6-14)15-11-16-17-13-21-9-7-19(17)25-20(16)18(12-15)23-10-4-8-22-23/h1-6,8,10-12,21H,7,9,13H2. The molecule has 0 aliphatic carbocycles. The van der Waals surface area contributed by atoms with Crippen LogP contribution in [0.15, 0.2) is 75.1 Å². The number of furan rings is 1. The molecule has 6 heteroatoms. The minimum Gasteiger partial charge on any atom is -0.458 e. The number of hydrogen-bond donors (Lipinski definition) is 1. The molecule has 5 rings (SSSR count). The highest BCUT2D eigenvalue weighted by Gasteiger charge is 2.22. The summed E-state index contributed by atoms with van der Waals surface area (Å²) in [6.07, 6.45) is 4.47. The molecule has 0 saturated heterocycles. The zero-order valence-electron chi connectivity index (χ0n) is 14.0. The fourth-order valence-electron chi connectivity index (χ4n) is 3.43. The Bertz CT molecular complexity index is 1100. The van der Waals surface area contributed by atoms with Gasteiger partial charge >= 0.3 is 0 Å². The average Bonchev–Trinajstić information content (AvgIpc) is 3.35. The second kappa shape index (κ2) is 6.23. The van der Waals surface area contributed by atoms with Crippen LogP contribution in [0.25, 0.3) is 16.7 Å². The predicted molar refractivity (Wildman–Crippen MR) is 99.9 cm³/mol. The molecule has 1 atom stereocenters. The molecule has 0 amide bonds. The number of aromatic nitrogens is 2. The van der Waals surface area contributed by atoms with Crippen LogP contribution >= 0.6 is 0 Å². The van der Waals surface area contributed by atoms with Gasteiger partial charge in [-0.1, -0.05) is 18.2 Å². The molecule has 5 nitrogen and oxygen atoms in total. The Morgan fingerprint density at radius 3 is 2.81 bits per heavy atom. The highest BCUT2D eigenvalue weighted by molar-refractivity contribution is 7.85. The SMILES string of the molecule is O=S(c1ccccc1)c1cc(-n2cccn2)c2oc3c(c2c1)CNCC3. The van der Waals surface area contributed by atoms with Gasteiger partial charge in [0.2, 0.25) is 0 Å². The zero-order valence-corrected chi connectivity index (χ0v) is 14.8. The van der Waals surface area contributed by atoms with Crippen LogP contribution in [0.5, 0.6) is 0 Å². The highest BCUT2D eigenvalue weighted by Crippen LogP contribution is 2.35. The summed E-state index contributed by atoms with van der Waals surface area (Å²) in [5, 5.41) is 8.77. The molecule has 3 heterocycles. The smallest absolute Gasteiger partial charge is 0.160 e. The molecular weight excluding hydrogens is 346 g/mol. The van der Waals surface area contributed by atoms with Gasteiger partial charge in [0.05, 0.1) is 10.8 Å². The molecule has 130 valence electrons. The topological polar surface area (TPSA) is 60.1 Å². The van der Waals surface area contributed by atoms with Crippen molar-refractivity contribution in [2.45, 2.75) is 22.8 Å². The first-order valence-electron chi connectivity index (χ1n) is 8.57. The molecular formula is C20H17N3O2S. The monoisotopic (exact) mass is 363 g/mol. The Kier molecular flexibility index (Phi) is 3.72. The molecule has 26 heavy (non-hydrogen) atoms. The molecule has 1 unspecified atom stereocenters. The van der Waals surface area contributed by atoms with Crippen molar-refractivity contribution < 1.29 is 8.63 Å². The van der Waals surface area contributed by atoms with E-state index in [4.69, 9.17) is 4.42 Å². The lowest BCUT2D eigenvalue weighted by Gasteiger charge is -2.11. The van der Waals surface area contributed by atoms with Crippen molar-refractivity contribution >= 4 is 21.8 Å². The molecule has 4 aromatic rings. The third kappa shape index (κ3) is 2.50. The molecule has 1 aliphatic heterocycles. The van der Waals surface area contributed by atoms with Gasteiger partial charge in [-0.3, -0.25) is 0 Å². The van der Waals surface area contributed by atoms with E-state index < -0.39 is 10.8 Å². The lowest BCUT2D eigenvalue weighted by Crippen LogP contribution is -2.22. The number of benzene rings is 2. The molecule has 2 aromatic heterocycles. The van der Waals surface area contributed by atoms with Crippen molar-refractivity contribution in [1.29, 1.82) is 0 Å². The van der Waals surface area contributed by atoms with Gasteiger partial charge in [0, 0.05) is 52.6 Å². The number of nitrogens with one attached hydrogen (secondary N) is 1. The van der Waals surface area contributed by atoms with E-state index in [9.17, 15) is 4.21 Å². The predicted octanol–water partition coefficient (Wildman–Crippen LogP) is 3.43. The van der Waals surface area contributed by atoms with Gasteiger partial charge in [-0.2, -0.15) is 5.10 Å². The average molecular weight is 363 g/mol. The van der Waals surface area contributed by atoms with Gasteiger partial charge in [0.1, 0.15) is 11.4 Å². The summed E-state index contributed by atoms with van der Waals surface area (Å²) in [6, 6.07) is 15.3. The molecule has 2 aromatic carbocycles. The van der Waals surface area contributed by atoms with Crippen LogP contribution in [-0.4, -0.2) is 20.5 Å². The van der Waals surface area contributed by atoms with Crippen molar-refractivity contribution in [3.8, 4) is 5.69 Å². The van der Waals surface area contributed by atoms with E-state index in [0.29, 0.717) is 0 Å². The quantitative estimate of drug-likeness (QED) is 0.606. The minimum absolute atomic E-state index is 0.753. The summed E-state index contributed by atoms with van der Waals surface area (Å²) in [5.41, 5.74) is 2.78. The van der Waals surface area contributed by atoms with E-state index in [1.54, 1.807) is 10.9 Å². The van der Waals surface area contributed by atoms with E-state index in [2.05, 4.69) is 10.4 Å². The summed E-state index contributed by atoms with van der Waals surface area (Å²) in [4.78, 5) is 1.54. The van der Waals surface area contributed by atoms with Crippen molar-refractivity contribution in [2.75, 3.05) is 6.54 Å². The lowest BCUT2D eigenvalue weighted by molar-refractivity contribution is 0.499. The molecule has 0 radical (unpaired) electrons. The van der Waals surface area contributed by atoms with Gasteiger partial charge in [-0.25, -0.2) is 8.89 Å². The van der Waals surface area contributed by atoms with E-state index in [0.717, 1.165) is 57.3 Å². The van der Waals surface area contributed by atoms with Crippen LogP contribution in [0.2, 0.25) is 0 Å². The third-order valence-corrected chi connectivity index (χ3v) is 6.05. The molecule has 0 spiro atoms. The van der Waals surface area contributed by atoms with Crippen LogP contribution in [0, 0.1) is 0 Å². The molecule has 1 N–H and O–H groups in total. The van der Waals surface area contributed by atoms with E-state index in [-0.39, 0.29) is 0 Å². The molecule has 0 bridgehead atoms. The van der Waals surface area contributed by atoms with Gasteiger partial charge < -0.3 is 9.73 Å². The number of rotatable bonds is 3. The Labute approximate surface area is 153 Å². The second-order valence-electron chi connectivity index (χ2n) is 6.28. The first kappa shape index (κ1) is 15.5. The first-order valence-corrected chi connectivity index (χ1v) is 9.72.